The van der Waals surface area contributed by atoms with Gasteiger partial charge >= 0.3 is 0 Å². The molecule has 2 rings (SSSR count). The van der Waals surface area contributed by atoms with Crippen molar-refractivity contribution >= 4 is 11.6 Å². The van der Waals surface area contributed by atoms with E-state index in [0.717, 1.165) is 36.5 Å². The quantitative estimate of drug-likeness (QED) is 0.620. The van der Waals surface area contributed by atoms with Gasteiger partial charge in [-0.25, -0.2) is 0 Å². The average molecular weight is 283 g/mol. The first-order valence-corrected chi connectivity index (χ1v) is 7.42. The molecule has 1 fully saturated rings. The van der Waals surface area contributed by atoms with Gasteiger partial charge in [0, 0.05) is 17.7 Å². The molecule has 4 heteroatoms. The monoisotopic (exact) mass is 282 g/mol. The molecule has 2 unspecified atom stereocenters. The van der Waals surface area contributed by atoms with E-state index in [9.17, 15) is 0 Å². The van der Waals surface area contributed by atoms with Crippen LogP contribution in [0.3, 0.4) is 0 Å². The van der Waals surface area contributed by atoms with Crippen LogP contribution in [0.5, 0.6) is 0 Å². The molecule has 0 spiro atoms. The van der Waals surface area contributed by atoms with Crippen LogP contribution in [0.2, 0.25) is 5.02 Å². The Kier molecular flexibility index (Phi) is 5.64. The van der Waals surface area contributed by atoms with Crippen molar-refractivity contribution in [1.29, 1.82) is 0 Å². The maximum absolute atomic E-state index is 6.29. The minimum atomic E-state index is 0.120. The maximum atomic E-state index is 6.29. The summed E-state index contributed by atoms with van der Waals surface area (Å²) in [5.41, 5.74) is 5.13. The molecule has 3 N–H and O–H groups in total. The highest BCUT2D eigenvalue weighted by atomic mass is 35.5. The number of hydrogen-bond acceptors (Lipinski definition) is 3. The minimum absolute atomic E-state index is 0.120. The number of ether oxygens (including phenoxy) is 1. The Morgan fingerprint density at radius 1 is 1.53 bits per heavy atom. The van der Waals surface area contributed by atoms with Crippen molar-refractivity contribution < 1.29 is 4.74 Å². The van der Waals surface area contributed by atoms with Crippen molar-refractivity contribution in [3.8, 4) is 0 Å². The van der Waals surface area contributed by atoms with Gasteiger partial charge in [0.15, 0.2) is 0 Å². The van der Waals surface area contributed by atoms with E-state index in [1.807, 2.05) is 13.0 Å². The van der Waals surface area contributed by atoms with Crippen LogP contribution in [0, 0.1) is 6.92 Å². The van der Waals surface area contributed by atoms with E-state index < -0.39 is 0 Å². The lowest BCUT2D eigenvalue weighted by atomic mass is 9.99. The molecule has 19 heavy (non-hydrogen) atoms. The third kappa shape index (κ3) is 4.18. The van der Waals surface area contributed by atoms with Gasteiger partial charge in [0.2, 0.25) is 0 Å². The smallest absolute Gasteiger partial charge is 0.0576 e. The van der Waals surface area contributed by atoms with Crippen LogP contribution < -0.4 is 11.3 Å². The van der Waals surface area contributed by atoms with E-state index in [1.165, 1.54) is 18.4 Å². The van der Waals surface area contributed by atoms with Gasteiger partial charge in [-0.3, -0.25) is 11.3 Å². The molecule has 106 valence electrons. The Balaban J connectivity index is 1.88. The van der Waals surface area contributed by atoms with Gasteiger partial charge in [-0.1, -0.05) is 23.7 Å². The second kappa shape index (κ2) is 7.25. The topological polar surface area (TPSA) is 47.3 Å². The summed E-state index contributed by atoms with van der Waals surface area (Å²) >= 11 is 6.29. The second-order valence-corrected chi connectivity index (χ2v) is 5.72. The predicted octanol–water partition coefficient (Wildman–Crippen LogP) is 3.50. The maximum Gasteiger partial charge on any atom is 0.0576 e. The van der Waals surface area contributed by atoms with Crippen LogP contribution >= 0.6 is 11.6 Å². The molecule has 0 saturated carbocycles. The SMILES string of the molecule is Cc1ccc(C(CCCC2CCCO2)NN)c(Cl)c1. The molecule has 0 aromatic heterocycles. The average Bonchev–Trinajstić information content (AvgIpc) is 2.89. The number of benzene rings is 1. The Labute approximate surface area is 120 Å². The number of hydrogen-bond donors (Lipinski definition) is 2. The third-order valence-corrected chi connectivity index (χ3v) is 4.10. The number of nitrogens with two attached hydrogens (primary N) is 1. The zero-order valence-corrected chi connectivity index (χ0v) is 12.2. The molecule has 1 heterocycles. The Hall–Kier alpha value is -0.610. The highest BCUT2D eigenvalue weighted by molar-refractivity contribution is 6.31. The van der Waals surface area contributed by atoms with Gasteiger partial charge in [-0.05, 0) is 56.2 Å². The standard InChI is InChI=1S/C15H23ClN2O/c1-11-7-8-13(14(16)10-11)15(18-17)6-2-4-12-5-3-9-19-12/h7-8,10,12,15,18H,2-6,9,17H2,1H3. The summed E-state index contributed by atoms with van der Waals surface area (Å²) in [6, 6.07) is 6.25. The van der Waals surface area contributed by atoms with E-state index in [-0.39, 0.29) is 6.04 Å². The molecule has 0 aliphatic carbocycles. The molecule has 0 radical (unpaired) electrons. The van der Waals surface area contributed by atoms with Crippen LogP contribution in [0.15, 0.2) is 18.2 Å². The number of hydrazine groups is 1. The van der Waals surface area contributed by atoms with Gasteiger partial charge in [0.1, 0.15) is 0 Å². The molecule has 0 bridgehead atoms. The van der Waals surface area contributed by atoms with Crippen LogP contribution in [-0.2, 0) is 4.74 Å². The fourth-order valence-electron chi connectivity index (χ4n) is 2.67. The molecule has 1 aliphatic rings. The van der Waals surface area contributed by atoms with E-state index in [0.29, 0.717) is 6.10 Å². The van der Waals surface area contributed by atoms with Crippen molar-refractivity contribution in [3.05, 3.63) is 34.3 Å². The number of aryl methyl sites for hydroxylation is 1. The second-order valence-electron chi connectivity index (χ2n) is 5.31. The molecular weight excluding hydrogens is 260 g/mol. The normalized spacial score (nSPS) is 20.7. The third-order valence-electron chi connectivity index (χ3n) is 3.78. The lowest BCUT2D eigenvalue weighted by Crippen LogP contribution is -2.28. The number of nitrogens with one attached hydrogen (secondary N) is 1. The van der Waals surface area contributed by atoms with Crippen molar-refractivity contribution in [3.63, 3.8) is 0 Å². The fraction of sp³-hybridized carbons (Fsp3) is 0.600. The minimum Gasteiger partial charge on any atom is -0.378 e. The molecule has 0 amide bonds. The Morgan fingerprint density at radius 2 is 2.37 bits per heavy atom. The van der Waals surface area contributed by atoms with Gasteiger partial charge < -0.3 is 4.74 Å². The first-order chi connectivity index (χ1) is 9.20. The van der Waals surface area contributed by atoms with E-state index in [4.69, 9.17) is 22.2 Å². The summed E-state index contributed by atoms with van der Waals surface area (Å²) in [5.74, 6) is 5.67. The highest BCUT2D eigenvalue weighted by Gasteiger charge is 2.17. The molecule has 1 saturated heterocycles. The van der Waals surface area contributed by atoms with Gasteiger partial charge in [0.05, 0.1) is 6.10 Å². The van der Waals surface area contributed by atoms with Gasteiger partial charge in [-0.2, -0.15) is 0 Å². The van der Waals surface area contributed by atoms with Gasteiger partial charge in [-0.15, -0.1) is 0 Å². The lowest BCUT2D eigenvalue weighted by Gasteiger charge is -2.19. The summed E-state index contributed by atoms with van der Waals surface area (Å²) in [4.78, 5) is 0. The molecule has 1 aromatic rings. The number of rotatable bonds is 6. The molecule has 2 atom stereocenters. The van der Waals surface area contributed by atoms with E-state index >= 15 is 0 Å². The molecule has 1 aliphatic heterocycles. The lowest BCUT2D eigenvalue weighted by molar-refractivity contribution is 0.101. The molecule has 1 aromatic carbocycles. The first kappa shape index (κ1) is 14.8. The summed E-state index contributed by atoms with van der Waals surface area (Å²) in [5, 5.41) is 0.792. The van der Waals surface area contributed by atoms with Crippen molar-refractivity contribution in [2.24, 2.45) is 5.84 Å². The summed E-state index contributed by atoms with van der Waals surface area (Å²) < 4.78 is 5.64. The molecular formula is C15H23ClN2O. The summed E-state index contributed by atoms with van der Waals surface area (Å²) in [6.45, 7) is 2.96. The zero-order valence-electron chi connectivity index (χ0n) is 11.5. The van der Waals surface area contributed by atoms with Crippen LogP contribution in [0.4, 0.5) is 0 Å². The zero-order chi connectivity index (χ0) is 13.7. The summed E-state index contributed by atoms with van der Waals surface area (Å²) in [6.07, 6.45) is 6.05. The van der Waals surface area contributed by atoms with Crippen LogP contribution in [-0.4, -0.2) is 12.7 Å². The first-order valence-electron chi connectivity index (χ1n) is 7.04. The molecule has 3 nitrogen and oxygen atoms in total. The van der Waals surface area contributed by atoms with E-state index in [2.05, 4.69) is 17.6 Å². The Bertz CT molecular complexity index is 405. The summed E-state index contributed by atoms with van der Waals surface area (Å²) in [7, 11) is 0. The predicted molar refractivity (Wildman–Crippen MR) is 79.1 cm³/mol. The van der Waals surface area contributed by atoms with E-state index in [1.54, 1.807) is 0 Å². The van der Waals surface area contributed by atoms with Crippen LogP contribution in [0.1, 0.15) is 49.3 Å². The Morgan fingerprint density at radius 3 is 3.00 bits per heavy atom. The van der Waals surface area contributed by atoms with Crippen molar-refractivity contribution in [2.45, 2.75) is 51.2 Å². The van der Waals surface area contributed by atoms with Crippen molar-refractivity contribution in [2.75, 3.05) is 6.61 Å². The van der Waals surface area contributed by atoms with Gasteiger partial charge in [0.25, 0.3) is 0 Å². The van der Waals surface area contributed by atoms with Crippen LogP contribution in [0.25, 0.3) is 0 Å². The fourth-order valence-corrected chi connectivity index (χ4v) is 3.03. The van der Waals surface area contributed by atoms with Crippen molar-refractivity contribution in [1.82, 2.24) is 5.43 Å². The number of halogens is 1. The highest BCUT2D eigenvalue weighted by Crippen LogP contribution is 2.28. The largest absolute Gasteiger partial charge is 0.378 e.